The lowest BCUT2D eigenvalue weighted by molar-refractivity contribution is -0.144. The van der Waals surface area contributed by atoms with Gasteiger partial charge in [-0.2, -0.15) is 0 Å². The molecule has 1 aromatic carbocycles. The van der Waals surface area contributed by atoms with Gasteiger partial charge in [-0.05, 0) is 38.3 Å². The summed E-state index contributed by atoms with van der Waals surface area (Å²) in [6.07, 6.45) is 6.81. The van der Waals surface area contributed by atoms with E-state index < -0.39 is 0 Å². The summed E-state index contributed by atoms with van der Waals surface area (Å²) in [5.74, 6) is 0.288. The van der Waals surface area contributed by atoms with Gasteiger partial charge in [-0.1, -0.05) is 31.1 Å². The lowest BCUT2D eigenvalue weighted by Crippen LogP contribution is -2.57. The van der Waals surface area contributed by atoms with Crippen molar-refractivity contribution >= 4 is 17.5 Å². The molecule has 1 heterocycles. The number of para-hydroxylation sites is 1. The number of hydrogen-bond acceptors (Lipinski definition) is 3. The Hall–Kier alpha value is -2.30. The van der Waals surface area contributed by atoms with Crippen LogP contribution >= 0.6 is 0 Å². The van der Waals surface area contributed by atoms with E-state index in [2.05, 4.69) is 11.9 Å². The normalized spacial score (nSPS) is 21.8. The second-order valence-corrected chi connectivity index (χ2v) is 7.87. The van der Waals surface area contributed by atoms with Crippen molar-refractivity contribution < 1.29 is 9.59 Å². The highest BCUT2D eigenvalue weighted by molar-refractivity contribution is 6.00. The number of amides is 2. The Kier molecular flexibility index (Phi) is 5.88. The van der Waals surface area contributed by atoms with E-state index in [1.54, 1.807) is 0 Å². The predicted octanol–water partition coefficient (Wildman–Crippen LogP) is 3.54. The number of benzene rings is 1. The molecule has 1 aliphatic heterocycles. The summed E-state index contributed by atoms with van der Waals surface area (Å²) in [6, 6.07) is 7.58. The summed E-state index contributed by atoms with van der Waals surface area (Å²) in [5.41, 5.74) is 1.27. The van der Waals surface area contributed by atoms with Crippen molar-refractivity contribution in [1.29, 1.82) is 0 Å². The zero-order chi connectivity index (χ0) is 19.4. The molecule has 0 unspecified atom stereocenters. The highest BCUT2D eigenvalue weighted by Gasteiger charge is 2.44. The smallest absolute Gasteiger partial charge is 0.256 e. The number of hydrogen-bond donors (Lipinski definition) is 1. The quantitative estimate of drug-likeness (QED) is 0.808. The van der Waals surface area contributed by atoms with Gasteiger partial charge in [0, 0.05) is 38.4 Å². The molecule has 1 atom stereocenters. The van der Waals surface area contributed by atoms with E-state index in [0.29, 0.717) is 25.2 Å². The fraction of sp³-hybridized carbons (Fsp3) is 0.545. The average Bonchev–Trinajstić information content (AvgIpc) is 3.16. The van der Waals surface area contributed by atoms with E-state index in [0.717, 1.165) is 37.8 Å². The average molecular weight is 370 g/mol. The molecule has 1 saturated heterocycles. The van der Waals surface area contributed by atoms with Gasteiger partial charge in [0.1, 0.15) is 0 Å². The van der Waals surface area contributed by atoms with Crippen LogP contribution in [-0.2, 0) is 4.79 Å². The van der Waals surface area contributed by atoms with Gasteiger partial charge in [-0.25, -0.2) is 0 Å². The topological polar surface area (TPSA) is 52.7 Å². The van der Waals surface area contributed by atoms with Crippen molar-refractivity contribution in [2.24, 2.45) is 5.41 Å². The third kappa shape index (κ3) is 3.73. The van der Waals surface area contributed by atoms with Crippen molar-refractivity contribution in [3.05, 3.63) is 42.5 Å². The molecule has 2 aliphatic rings. The zero-order valence-corrected chi connectivity index (χ0v) is 16.5. The number of piperazine rings is 1. The number of anilines is 1. The molecular weight excluding hydrogens is 338 g/mol. The van der Waals surface area contributed by atoms with E-state index in [9.17, 15) is 9.59 Å². The van der Waals surface area contributed by atoms with Crippen LogP contribution in [0.1, 0.15) is 49.4 Å². The van der Waals surface area contributed by atoms with Crippen LogP contribution < -0.4 is 5.32 Å². The summed E-state index contributed by atoms with van der Waals surface area (Å²) in [5, 5.41) is 3.09. The van der Waals surface area contributed by atoms with Crippen LogP contribution in [0.25, 0.3) is 0 Å². The molecule has 1 aliphatic carbocycles. The van der Waals surface area contributed by atoms with Crippen LogP contribution in [0.5, 0.6) is 0 Å². The molecule has 1 N–H and O–H groups in total. The van der Waals surface area contributed by atoms with Crippen LogP contribution in [0.3, 0.4) is 0 Å². The first kappa shape index (κ1) is 19.5. The van der Waals surface area contributed by atoms with Crippen molar-refractivity contribution in [1.82, 2.24) is 9.80 Å². The highest BCUT2D eigenvalue weighted by Crippen LogP contribution is 2.43. The van der Waals surface area contributed by atoms with E-state index in [4.69, 9.17) is 0 Å². The Bertz CT molecular complexity index is 709. The highest BCUT2D eigenvalue weighted by atomic mass is 16.2. The second kappa shape index (κ2) is 8.15. The number of carbonyl (C=O) groups excluding carboxylic acids is 2. The van der Waals surface area contributed by atoms with Gasteiger partial charge in [0.2, 0.25) is 5.91 Å². The van der Waals surface area contributed by atoms with Gasteiger partial charge in [0.15, 0.2) is 0 Å². The first-order chi connectivity index (χ1) is 13.0. The molecule has 2 amide bonds. The number of carbonyl (C=O) groups is 2. The standard InChI is InChI=1S/C22H31N3O2/c1-4-11-22(12-7-8-13-22)21(27)24-14-15-25(17(2)16-24)20(26)18-9-5-6-10-19(18)23-3/h4-6,9-10,17,23H,1,7-8,11-16H2,2-3H3/t17-/m0/s1. The molecule has 1 aromatic rings. The predicted molar refractivity (Wildman–Crippen MR) is 109 cm³/mol. The van der Waals surface area contributed by atoms with E-state index in [-0.39, 0.29) is 23.3 Å². The fourth-order valence-electron chi connectivity index (χ4n) is 4.65. The maximum absolute atomic E-state index is 13.3. The minimum absolute atomic E-state index is 0.00213. The van der Waals surface area contributed by atoms with Crippen molar-refractivity contribution in [3.8, 4) is 0 Å². The van der Waals surface area contributed by atoms with Crippen LogP contribution in [0.4, 0.5) is 5.69 Å². The zero-order valence-electron chi connectivity index (χ0n) is 16.5. The molecule has 0 spiro atoms. The molecule has 146 valence electrons. The van der Waals surface area contributed by atoms with E-state index in [1.807, 2.05) is 54.1 Å². The number of nitrogens with one attached hydrogen (secondary N) is 1. The summed E-state index contributed by atoms with van der Waals surface area (Å²) in [4.78, 5) is 30.2. The van der Waals surface area contributed by atoms with Crippen molar-refractivity contribution in [2.45, 2.75) is 45.1 Å². The molecule has 0 aromatic heterocycles. The van der Waals surface area contributed by atoms with Crippen LogP contribution in [0.15, 0.2) is 36.9 Å². The number of allylic oxidation sites excluding steroid dienone is 1. The minimum Gasteiger partial charge on any atom is -0.387 e. The third-order valence-electron chi connectivity index (χ3n) is 6.15. The lowest BCUT2D eigenvalue weighted by atomic mass is 9.81. The molecular formula is C22H31N3O2. The summed E-state index contributed by atoms with van der Waals surface area (Å²) < 4.78 is 0. The Morgan fingerprint density at radius 2 is 1.96 bits per heavy atom. The maximum atomic E-state index is 13.3. The first-order valence-corrected chi connectivity index (χ1v) is 10.0. The molecule has 5 nitrogen and oxygen atoms in total. The number of nitrogens with zero attached hydrogens (tertiary/aromatic N) is 2. The second-order valence-electron chi connectivity index (χ2n) is 7.87. The molecule has 2 fully saturated rings. The van der Waals surface area contributed by atoms with E-state index >= 15 is 0 Å². The molecule has 3 rings (SSSR count). The van der Waals surface area contributed by atoms with Gasteiger partial charge >= 0.3 is 0 Å². The van der Waals surface area contributed by atoms with Crippen LogP contribution in [0.2, 0.25) is 0 Å². The summed E-state index contributed by atoms with van der Waals surface area (Å²) >= 11 is 0. The monoisotopic (exact) mass is 369 g/mol. The Morgan fingerprint density at radius 3 is 2.59 bits per heavy atom. The first-order valence-electron chi connectivity index (χ1n) is 10.0. The van der Waals surface area contributed by atoms with Gasteiger partial charge in [-0.3, -0.25) is 9.59 Å². The van der Waals surface area contributed by atoms with Crippen molar-refractivity contribution in [3.63, 3.8) is 0 Å². The Labute approximate surface area is 162 Å². The fourth-order valence-corrected chi connectivity index (χ4v) is 4.65. The molecule has 0 bridgehead atoms. The van der Waals surface area contributed by atoms with Gasteiger partial charge < -0.3 is 15.1 Å². The Morgan fingerprint density at radius 1 is 1.26 bits per heavy atom. The lowest BCUT2D eigenvalue weighted by Gasteiger charge is -2.43. The minimum atomic E-state index is -0.258. The SMILES string of the molecule is C=CCC1(C(=O)N2CCN(C(=O)c3ccccc3NC)[C@@H](C)C2)CCCC1. The summed E-state index contributed by atoms with van der Waals surface area (Å²) in [6.45, 7) is 7.69. The van der Waals surface area contributed by atoms with Gasteiger partial charge in [-0.15, -0.1) is 6.58 Å². The molecule has 27 heavy (non-hydrogen) atoms. The Balaban J connectivity index is 1.71. The van der Waals surface area contributed by atoms with Crippen molar-refractivity contribution in [2.75, 3.05) is 32.0 Å². The van der Waals surface area contributed by atoms with Crippen LogP contribution in [0, 0.1) is 5.41 Å². The summed E-state index contributed by atoms with van der Waals surface area (Å²) in [7, 11) is 1.83. The number of rotatable bonds is 5. The van der Waals surface area contributed by atoms with Crippen LogP contribution in [-0.4, -0.2) is 54.3 Å². The van der Waals surface area contributed by atoms with Gasteiger partial charge in [0.05, 0.1) is 11.0 Å². The molecule has 0 radical (unpaired) electrons. The largest absolute Gasteiger partial charge is 0.387 e. The maximum Gasteiger partial charge on any atom is 0.256 e. The third-order valence-corrected chi connectivity index (χ3v) is 6.15. The molecule has 5 heteroatoms. The van der Waals surface area contributed by atoms with E-state index in [1.165, 1.54) is 0 Å². The van der Waals surface area contributed by atoms with Gasteiger partial charge in [0.25, 0.3) is 5.91 Å². The molecule has 1 saturated carbocycles.